The van der Waals surface area contributed by atoms with Crippen molar-refractivity contribution in [2.45, 2.75) is 32.0 Å². The molecule has 0 unspecified atom stereocenters. The van der Waals surface area contributed by atoms with Crippen LogP contribution in [0.5, 0.6) is 0 Å². The topological polar surface area (TPSA) is 46.0 Å². The molecule has 154 valence electrons. The van der Waals surface area contributed by atoms with Gasteiger partial charge in [0, 0.05) is 36.3 Å². The van der Waals surface area contributed by atoms with Gasteiger partial charge in [0.15, 0.2) is 5.82 Å². The summed E-state index contributed by atoms with van der Waals surface area (Å²) in [5.41, 5.74) is 2.48. The minimum atomic E-state index is -4.36. The number of nitrogens with one attached hydrogen (secondary N) is 1. The number of anilines is 1. The molecule has 0 bridgehead atoms. The fourth-order valence-electron chi connectivity index (χ4n) is 4.00. The molecule has 1 aromatic carbocycles. The van der Waals surface area contributed by atoms with E-state index in [0.717, 1.165) is 54.7 Å². The fourth-order valence-corrected chi connectivity index (χ4v) is 4.00. The first kappa shape index (κ1) is 19.7. The SMILES string of the molecule is Cc1cc2c(-c3ccc(C(F)(F)F)cc3)nnc(N[C@@H]3CCCN(C)C3)c2n1C. The molecule has 1 saturated heterocycles. The van der Waals surface area contributed by atoms with Crippen LogP contribution in [0.15, 0.2) is 30.3 Å². The molecule has 1 atom stereocenters. The summed E-state index contributed by atoms with van der Waals surface area (Å²) in [7, 11) is 4.07. The van der Waals surface area contributed by atoms with Gasteiger partial charge in [-0.25, -0.2) is 0 Å². The summed E-state index contributed by atoms with van der Waals surface area (Å²) >= 11 is 0. The zero-order valence-electron chi connectivity index (χ0n) is 16.7. The van der Waals surface area contributed by atoms with E-state index < -0.39 is 11.7 Å². The molecule has 0 radical (unpaired) electrons. The predicted octanol–water partition coefficient (Wildman–Crippen LogP) is 4.47. The first-order valence-electron chi connectivity index (χ1n) is 9.69. The predicted molar refractivity (Wildman–Crippen MR) is 108 cm³/mol. The Morgan fingerprint density at radius 2 is 1.83 bits per heavy atom. The van der Waals surface area contributed by atoms with Crippen molar-refractivity contribution < 1.29 is 13.2 Å². The molecule has 1 aliphatic heterocycles. The van der Waals surface area contributed by atoms with Crippen LogP contribution in [0.4, 0.5) is 19.0 Å². The van der Waals surface area contributed by atoms with Crippen molar-refractivity contribution in [2.24, 2.45) is 7.05 Å². The number of alkyl halides is 3. The molecule has 3 aromatic rings. The molecule has 3 heterocycles. The maximum Gasteiger partial charge on any atom is 0.416 e. The van der Waals surface area contributed by atoms with Crippen molar-refractivity contribution >= 4 is 16.7 Å². The van der Waals surface area contributed by atoms with E-state index in [2.05, 4.69) is 27.5 Å². The average Bonchev–Trinajstić information content (AvgIpc) is 2.97. The third-order valence-corrected chi connectivity index (χ3v) is 5.65. The number of nitrogens with zero attached hydrogens (tertiary/aromatic N) is 4. The highest BCUT2D eigenvalue weighted by molar-refractivity contribution is 5.99. The molecule has 1 N–H and O–H groups in total. The second-order valence-corrected chi connectivity index (χ2v) is 7.83. The number of benzene rings is 1. The van der Waals surface area contributed by atoms with E-state index in [0.29, 0.717) is 23.1 Å². The second kappa shape index (κ2) is 7.33. The molecule has 5 nitrogen and oxygen atoms in total. The summed E-state index contributed by atoms with van der Waals surface area (Å²) in [5, 5.41) is 13.2. The van der Waals surface area contributed by atoms with E-state index in [9.17, 15) is 13.2 Å². The van der Waals surface area contributed by atoms with Gasteiger partial charge in [0.25, 0.3) is 0 Å². The highest BCUT2D eigenvalue weighted by Gasteiger charge is 2.30. The minimum Gasteiger partial charge on any atom is -0.363 e. The van der Waals surface area contributed by atoms with E-state index in [1.165, 1.54) is 12.1 Å². The Labute approximate surface area is 167 Å². The van der Waals surface area contributed by atoms with Gasteiger partial charge >= 0.3 is 6.18 Å². The number of aryl methyl sites for hydroxylation is 2. The summed E-state index contributed by atoms with van der Waals surface area (Å²) in [6.45, 7) is 4.03. The Hall–Kier alpha value is -2.61. The largest absolute Gasteiger partial charge is 0.416 e. The molecule has 29 heavy (non-hydrogen) atoms. The number of likely N-dealkylation sites (N-methyl/N-ethyl adjacent to an activating group) is 1. The smallest absolute Gasteiger partial charge is 0.363 e. The van der Waals surface area contributed by atoms with Crippen LogP contribution < -0.4 is 5.32 Å². The summed E-state index contributed by atoms with van der Waals surface area (Å²) < 4.78 is 40.7. The van der Waals surface area contributed by atoms with E-state index in [4.69, 9.17) is 0 Å². The Morgan fingerprint density at radius 3 is 2.48 bits per heavy atom. The van der Waals surface area contributed by atoms with Gasteiger partial charge in [-0.15, -0.1) is 10.2 Å². The number of piperidine rings is 1. The van der Waals surface area contributed by atoms with Gasteiger partial charge in [0.1, 0.15) is 5.69 Å². The maximum absolute atomic E-state index is 12.9. The van der Waals surface area contributed by atoms with Crippen LogP contribution in [-0.2, 0) is 13.2 Å². The monoisotopic (exact) mass is 403 g/mol. The number of halogens is 3. The van der Waals surface area contributed by atoms with Gasteiger partial charge in [0.05, 0.1) is 11.1 Å². The van der Waals surface area contributed by atoms with Crippen molar-refractivity contribution in [1.82, 2.24) is 19.7 Å². The van der Waals surface area contributed by atoms with Crippen LogP contribution in [0, 0.1) is 6.92 Å². The summed E-state index contributed by atoms with van der Waals surface area (Å²) in [6, 6.07) is 7.38. The Morgan fingerprint density at radius 1 is 1.10 bits per heavy atom. The van der Waals surface area contributed by atoms with Crippen molar-refractivity contribution in [3.05, 3.63) is 41.6 Å². The third kappa shape index (κ3) is 3.81. The lowest BCUT2D eigenvalue weighted by atomic mass is 10.0. The van der Waals surface area contributed by atoms with Gasteiger partial charge in [-0.2, -0.15) is 13.2 Å². The molecule has 1 aliphatic rings. The molecule has 0 saturated carbocycles. The molecule has 0 spiro atoms. The first-order chi connectivity index (χ1) is 13.7. The van der Waals surface area contributed by atoms with Crippen LogP contribution in [0.1, 0.15) is 24.1 Å². The molecule has 0 amide bonds. The van der Waals surface area contributed by atoms with E-state index in [1.54, 1.807) is 0 Å². The van der Waals surface area contributed by atoms with Crippen molar-refractivity contribution in [2.75, 3.05) is 25.5 Å². The summed E-state index contributed by atoms with van der Waals surface area (Å²) in [4.78, 5) is 2.29. The lowest BCUT2D eigenvalue weighted by molar-refractivity contribution is -0.137. The van der Waals surface area contributed by atoms with Crippen molar-refractivity contribution in [3.8, 4) is 11.3 Å². The van der Waals surface area contributed by atoms with Crippen LogP contribution in [0.2, 0.25) is 0 Å². The van der Waals surface area contributed by atoms with Crippen molar-refractivity contribution in [1.29, 1.82) is 0 Å². The number of hydrogen-bond donors (Lipinski definition) is 1. The number of rotatable bonds is 3. The van der Waals surface area contributed by atoms with E-state index in [-0.39, 0.29) is 0 Å². The summed E-state index contributed by atoms with van der Waals surface area (Å²) in [5.74, 6) is 0.714. The van der Waals surface area contributed by atoms with Crippen LogP contribution in [0.3, 0.4) is 0 Å². The van der Waals surface area contributed by atoms with Crippen LogP contribution in [0.25, 0.3) is 22.2 Å². The zero-order valence-corrected chi connectivity index (χ0v) is 16.7. The molecular formula is C21H24F3N5. The number of hydrogen-bond acceptors (Lipinski definition) is 4. The Bertz CT molecular complexity index is 1020. The molecule has 2 aromatic heterocycles. The Kier molecular flexibility index (Phi) is 4.98. The van der Waals surface area contributed by atoms with Gasteiger partial charge < -0.3 is 14.8 Å². The average molecular weight is 403 g/mol. The molecule has 1 fully saturated rings. The van der Waals surface area contributed by atoms with Gasteiger partial charge in [0.2, 0.25) is 0 Å². The first-order valence-corrected chi connectivity index (χ1v) is 9.69. The quantitative estimate of drug-likeness (QED) is 0.701. The van der Waals surface area contributed by atoms with Crippen molar-refractivity contribution in [3.63, 3.8) is 0 Å². The van der Waals surface area contributed by atoms with Gasteiger partial charge in [-0.05, 0) is 51.6 Å². The minimum absolute atomic E-state index is 0.290. The maximum atomic E-state index is 12.9. The standard InChI is InChI=1S/C21H24F3N5/c1-13-11-17-18(14-6-8-15(9-7-14)21(22,23)24)26-27-20(19(17)29(13)3)25-16-5-4-10-28(2)12-16/h6-9,11,16H,4-5,10,12H2,1-3H3,(H,25,27)/t16-/m1/s1. The number of likely N-dealkylation sites (tertiary alicyclic amines) is 1. The normalized spacial score (nSPS) is 18.3. The lowest BCUT2D eigenvalue weighted by Crippen LogP contribution is -2.40. The number of aromatic nitrogens is 3. The summed E-state index contributed by atoms with van der Waals surface area (Å²) in [6.07, 6.45) is -2.16. The highest BCUT2D eigenvalue weighted by Crippen LogP contribution is 2.35. The molecule has 8 heteroatoms. The fraction of sp³-hybridized carbons (Fsp3) is 0.429. The van der Waals surface area contributed by atoms with E-state index in [1.807, 2.05) is 24.6 Å². The second-order valence-electron chi connectivity index (χ2n) is 7.83. The van der Waals surface area contributed by atoms with Crippen LogP contribution >= 0.6 is 0 Å². The molecule has 0 aliphatic carbocycles. The Balaban J connectivity index is 1.74. The van der Waals surface area contributed by atoms with Gasteiger partial charge in [-0.3, -0.25) is 0 Å². The van der Waals surface area contributed by atoms with E-state index >= 15 is 0 Å². The van der Waals surface area contributed by atoms with Crippen LogP contribution in [-0.4, -0.2) is 45.8 Å². The zero-order chi connectivity index (χ0) is 20.8. The number of fused-ring (bicyclic) bond motifs is 1. The van der Waals surface area contributed by atoms with Gasteiger partial charge in [-0.1, -0.05) is 12.1 Å². The lowest BCUT2D eigenvalue weighted by Gasteiger charge is -2.30. The molecular weight excluding hydrogens is 379 g/mol. The highest BCUT2D eigenvalue weighted by atomic mass is 19.4. The third-order valence-electron chi connectivity index (χ3n) is 5.65. The molecule has 4 rings (SSSR count).